The Morgan fingerprint density at radius 1 is 0.241 bits per heavy atom. The highest BCUT2D eigenvalue weighted by Crippen LogP contribution is 2.56. The van der Waals surface area contributed by atoms with E-state index in [0.717, 1.165) is 0 Å². The molecule has 0 N–H and O–H groups in total. The van der Waals surface area contributed by atoms with Crippen molar-refractivity contribution in [2.75, 3.05) is 0 Å². The number of fused-ring (bicyclic) bond motifs is 9. The van der Waals surface area contributed by atoms with E-state index in [9.17, 15) is 0 Å². The second-order valence-electron chi connectivity index (χ2n) is 21.4. The van der Waals surface area contributed by atoms with Gasteiger partial charge in [0.25, 0.3) is 0 Å². The van der Waals surface area contributed by atoms with Crippen molar-refractivity contribution in [2.45, 2.75) is 105 Å². The van der Waals surface area contributed by atoms with Gasteiger partial charge >= 0.3 is 0 Å². The Kier molecular flexibility index (Phi) is 7.65. The van der Waals surface area contributed by atoms with Crippen LogP contribution in [0.2, 0.25) is 0 Å². The van der Waals surface area contributed by atoms with Gasteiger partial charge in [-0.25, -0.2) is 0 Å². The highest BCUT2D eigenvalue weighted by Gasteiger charge is 2.30. The SMILES string of the molecule is CC(C)(C)c1cc(-c2c3c4cccc5c6ccccc6c(c(-c6cc(C(C)(C)C)cc(C(C)(C)C)c6)c3c3cccc6c7ccccc7c2c63)c54)cc(C(C)(C)C)c1. The molecule has 0 aromatic heterocycles. The maximum absolute atomic E-state index is 2.53. The van der Waals surface area contributed by atoms with Crippen LogP contribution in [0.25, 0.3) is 97.7 Å². The van der Waals surface area contributed by atoms with E-state index in [2.05, 4.69) is 204 Å². The molecule has 0 fully saturated rings. The summed E-state index contributed by atoms with van der Waals surface area (Å²) in [7, 11) is 0. The zero-order valence-electron chi connectivity index (χ0n) is 36.5. The molecule has 10 aromatic carbocycles. The predicted octanol–water partition coefficient (Wildman–Crippen LogP) is 17.2. The second kappa shape index (κ2) is 12.0. The zero-order chi connectivity index (χ0) is 40.8. The molecule has 0 bridgehead atoms. The highest BCUT2D eigenvalue weighted by atomic mass is 14.3. The van der Waals surface area contributed by atoms with Gasteiger partial charge in [0.2, 0.25) is 0 Å². The van der Waals surface area contributed by atoms with Gasteiger partial charge in [-0.05, 0) is 142 Å². The van der Waals surface area contributed by atoms with Crippen LogP contribution in [-0.4, -0.2) is 0 Å². The van der Waals surface area contributed by atoms with Crippen LogP contribution in [-0.2, 0) is 21.7 Å². The van der Waals surface area contributed by atoms with Gasteiger partial charge in [0, 0.05) is 0 Å². The van der Waals surface area contributed by atoms with Crippen molar-refractivity contribution in [3.8, 4) is 22.3 Å². The van der Waals surface area contributed by atoms with E-state index < -0.39 is 0 Å². The second-order valence-corrected chi connectivity index (χ2v) is 21.4. The van der Waals surface area contributed by atoms with E-state index in [-0.39, 0.29) is 21.7 Å². The van der Waals surface area contributed by atoms with Crippen molar-refractivity contribution in [2.24, 2.45) is 0 Å². The smallest absolute Gasteiger partial charge is 0.000717 e. The summed E-state index contributed by atoms with van der Waals surface area (Å²) in [6.07, 6.45) is 0. The number of hydrogen-bond donors (Lipinski definition) is 0. The molecule has 0 aliphatic rings. The first-order chi connectivity index (χ1) is 27.3. The summed E-state index contributed by atoms with van der Waals surface area (Å²) < 4.78 is 0. The lowest BCUT2D eigenvalue weighted by atomic mass is 9.76. The Morgan fingerprint density at radius 2 is 0.483 bits per heavy atom. The fourth-order valence-corrected chi connectivity index (χ4v) is 10.1. The van der Waals surface area contributed by atoms with Gasteiger partial charge in [0.15, 0.2) is 0 Å². The molecule has 0 heteroatoms. The molecule has 0 saturated carbocycles. The first-order valence-corrected chi connectivity index (χ1v) is 21.4. The zero-order valence-corrected chi connectivity index (χ0v) is 36.5. The number of hydrogen-bond acceptors (Lipinski definition) is 0. The Hall–Kier alpha value is -5.46. The first kappa shape index (κ1) is 36.9. The van der Waals surface area contributed by atoms with E-state index in [1.54, 1.807) is 0 Å². The maximum Gasteiger partial charge on any atom is -0.000717 e. The van der Waals surface area contributed by atoms with Gasteiger partial charge in [-0.3, -0.25) is 0 Å². The molecule has 0 saturated heterocycles. The third-order valence-corrected chi connectivity index (χ3v) is 13.3. The fraction of sp³-hybridized carbons (Fsp3) is 0.276. The quantitative estimate of drug-likeness (QED) is 0.154. The number of rotatable bonds is 2. The lowest BCUT2D eigenvalue weighted by Crippen LogP contribution is -2.16. The molecule has 0 spiro atoms. The van der Waals surface area contributed by atoms with Crippen LogP contribution < -0.4 is 0 Å². The van der Waals surface area contributed by atoms with Crippen LogP contribution in [0.15, 0.2) is 121 Å². The van der Waals surface area contributed by atoms with E-state index in [1.807, 2.05) is 0 Å². The van der Waals surface area contributed by atoms with Crippen molar-refractivity contribution in [1.82, 2.24) is 0 Å². The molecule has 0 heterocycles. The van der Waals surface area contributed by atoms with Crippen molar-refractivity contribution in [3.63, 3.8) is 0 Å². The van der Waals surface area contributed by atoms with E-state index >= 15 is 0 Å². The summed E-state index contributed by atoms with van der Waals surface area (Å²) in [6.45, 7) is 28.4. The van der Waals surface area contributed by atoms with Crippen molar-refractivity contribution >= 4 is 75.4 Å². The van der Waals surface area contributed by atoms with E-state index in [1.165, 1.54) is 120 Å². The monoisotopic (exact) mass is 752 g/mol. The van der Waals surface area contributed by atoms with Crippen LogP contribution in [0.3, 0.4) is 0 Å². The first-order valence-electron chi connectivity index (χ1n) is 21.4. The summed E-state index contributed by atoms with van der Waals surface area (Å²) in [5.41, 5.74) is 10.7. The topological polar surface area (TPSA) is 0 Å². The normalized spacial score (nSPS) is 13.5. The van der Waals surface area contributed by atoms with Gasteiger partial charge in [-0.1, -0.05) is 204 Å². The number of benzene rings is 8. The van der Waals surface area contributed by atoms with Gasteiger partial charge in [0.05, 0.1) is 0 Å². The Morgan fingerprint density at radius 3 is 0.793 bits per heavy atom. The Bertz CT molecular complexity index is 3000. The predicted molar refractivity (Wildman–Crippen MR) is 257 cm³/mol. The molecule has 0 unspecified atom stereocenters. The van der Waals surface area contributed by atoms with Crippen LogP contribution in [0.5, 0.6) is 0 Å². The molecule has 0 aliphatic carbocycles. The van der Waals surface area contributed by atoms with Crippen molar-refractivity contribution in [3.05, 3.63) is 144 Å². The lowest BCUT2D eigenvalue weighted by molar-refractivity contribution is 0.568. The van der Waals surface area contributed by atoms with Crippen LogP contribution in [0, 0.1) is 0 Å². The van der Waals surface area contributed by atoms with Gasteiger partial charge < -0.3 is 0 Å². The molecular formula is C58H56. The minimum Gasteiger partial charge on any atom is -0.0616 e. The molecule has 0 aliphatic heterocycles. The molecule has 0 radical (unpaired) electrons. The van der Waals surface area contributed by atoms with E-state index in [0.29, 0.717) is 0 Å². The van der Waals surface area contributed by atoms with Crippen LogP contribution in [0.1, 0.15) is 105 Å². The summed E-state index contributed by atoms with van der Waals surface area (Å²) in [5.74, 6) is 0. The standard InChI is InChI=1S/C58H56/c1-55(2,3)35-27-33(28-36(31-35)56(4,5)6)47-51-43-21-15-13-19-39(43)41-23-18-26-46(49(41)51)54-48(34-29-37(57(7,8)9)32-38(30-34)58(10,11)12)52-44-22-16-14-20-40(44)42-24-17-25-45(50(42)52)53(47)54/h13-32H,1-12H3. The minimum absolute atomic E-state index is 0.0268. The molecule has 10 rings (SSSR count). The molecule has 58 heavy (non-hydrogen) atoms. The molecule has 0 amide bonds. The molecule has 10 aromatic rings. The summed E-state index contributed by atoms with van der Waals surface area (Å²) in [6, 6.07) is 47.6. The van der Waals surface area contributed by atoms with Crippen molar-refractivity contribution in [1.29, 1.82) is 0 Å². The summed E-state index contributed by atoms with van der Waals surface area (Å²) >= 11 is 0. The third kappa shape index (κ3) is 5.33. The Labute approximate surface area is 344 Å². The Balaban J connectivity index is 1.58. The van der Waals surface area contributed by atoms with Crippen LogP contribution in [0.4, 0.5) is 0 Å². The third-order valence-electron chi connectivity index (χ3n) is 13.3. The maximum atomic E-state index is 2.53. The minimum atomic E-state index is -0.0268. The van der Waals surface area contributed by atoms with Gasteiger partial charge in [0.1, 0.15) is 0 Å². The fourth-order valence-electron chi connectivity index (χ4n) is 10.1. The average molecular weight is 753 g/mol. The highest BCUT2D eigenvalue weighted by molar-refractivity contribution is 6.48. The average Bonchev–Trinajstić information content (AvgIpc) is 3.68. The molecule has 0 atom stereocenters. The van der Waals surface area contributed by atoms with Gasteiger partial charge in [-0.2, -0.15) is 0 Å². The van der Waals surface area contributed by atoms with Crippen LogP contribution >= 0.6 is 0 Å². The largest absolute Gasteiger partial charge is 0.0616 e. The molecule has 288 valence electrons. The summed E-state index contributed by atoms with van der Waals surface area (Å²) in [5, 5.41) is 18.9. The molecule has 0 nitrogen and oxygen atoms in total. The van der Waals surface area contributed by atoms with Gasteiger partial charge in [-0.15, -0.1) is 0 Å². The van der Waals surface area contributed by atoms with Crippen molar-refractivity contribution < 1.29 is 0 Å². The van der Waals surface area contributed by atoms with E-state index in [4.69, 9.17) is 0 Å². The molecular weight excluding hydrogens is 697 g/mol. The summed E-state index contributed by atoms with van der Waals surface area (Å²) in [4.78, 5) is 0. The lowest BCUT2D eigenvalue weighted by Gasteiger charge is -2.28.